The molecule has 2 aliphatic rings. The third-order valence-corrected chi connectivity index (χ3v) is 12.3. The number of hydrogen-bond acceptors (Lipinski definition) is 5. The van der Waals surface area contributed by atoms with Crippen molar-refractivity contribution in [2.45, 2.75) is 31.7 Å². The zero-order valence-corrected chi connectivity index (χ0v) is 26.7. The number of thioether (sulfide) groups is 1. The van der Waals surface area contributed by atoms with Crippen molar-refractivity contribution in [3.05, 3.63) is 122 Å². The number of hydrogen-bond donors (Lipinski definition) is 0. The fourth-order valence-corrected chi connectivity index (χ4v) is 10.4. The van der Waals surface area contributed by atoms with Crippen molar-refractivity contribution in [2.75, 3.05) is 11.4 Å². The summed E-state index contributed by atoms with van der Waals surface area (Å²) in [5.74, 6) is 0. The van der Waals surface area contributed by atoms with E-state index in [9.17, 15) is 0 Å². The predicted octanol–water partition coefficient (Wildman–Crippen LogP) is 10.6. The maximum absolute atomic E-state index is 2.49. The van der Waals surface area contributed by atoms with Gasteiger partial charge in [-0.3, -0.25) is 0 Å². The average molecular weight is 618 g/mol. The summed E-state index contributed by atoms with van der Waals surface area (Å²) in [4.78, 5) is 5.23. The Bertz CT molecular complexity index is 2080. The van der Waals surface area contributed by atoms with Crippen molar-refractivity contribution in [2.24, 2.45) is 0 Å². The van der Waals surface area contributed by atoms with Crippen LogP contribution in [0.15, 0.2) is 111 Å². The van der Waals surface area contributed by atoms with Crippen LogP contribution in [0, 0.1) is 0 Å². The number of thiophene rings is 2. The second-order valence-electron chi connectivity index (χ2n) is 10.6. The monoisotopic (exact) mass is 617 g/mol. The van der Waals surface area contributed by atoms with Crippen LogP contribution in [0.1, 0.15) is 29.3 Å². The summed E-state index contributed by atoms with van der Waals surface area (Å²) in [5, 5.41) is 8.52. The summed E-state index contributed by atoms with van der Waals surface area (Å²) < 4.78 is 5.17. The van der Waals surface area contributed by atoms with Crippen LogP contribution in [-0.2, 0) is 13.0 Å². The van der Waals surface area contributed by atoms with E-state index in [1.807, 2.05) is 45.8 Å². The van der Waals surface area contributed by atoms with Gasteiger partial charge in [0, 0.05) is 50.5 Å². The van der Waals surface area contributed by atoms with Gasteiger partial charge in [0.2, 0.25) is 5.52 Å². The molecule has 0 radical (unpaired) electrons. The molecule has 0 atom stereocenters. The SMILES string of the molecule is CCN1/C(=C/C2=CC(=C/c3sc4ccc(-c5csc6ccccc56)cc4[n+]3CC)/Cc3sccc32)Sc2ccccc21. The number of allylic oxidation sites excluding steroid dienone is 4. The van der Waals surface area contributed by atoms with Gasteiger partial charge in [-0.15, -0.1) is 22.7 Å². The lowest BCUT2D eigenvalue weighted by molar-refractivity contribution is -0.665. The number of para-hydroxylation sites is 1. The van der Waals surface area contributed by atoms with E-state index in [0.717, 1.165) is 19.5 Å². The second kappa shape index (κ2) is 10.7. The minimum atomic E-state index is 0.943. The van der Waals surface area contributed by atoms with Gasteiger partial charge in [0.15, 0.2) is 0 Å². The lowest BCUT2D eigenvalue weighted by Gasteiger charge is -2.20. The zero-order valence-electron chi connectivity index (χ0n) is 23.5. The van der Waals surface area contributed by atoms with Gasteiger partial charge in [-0.05, 0) is 83.3 Å². The smallest absolute Gasteiger partial charge is 0.263 e. The molecule has 2 nitrogen and oxygen atoms in total. The summed E-state index contributed by atoms with van der Waals surface area (Å²) in [7, 11) is 0. The van der Waals surface area contributed by atoms with Gasteiger partial charge >= 0.3 is 0 Å². The number of thiazole rings is 1. The van der Waals surface area contributed by atoms with Crippen LogP contribution in [-0.4, -0.2) is 6.54 Å². The first kappa shape index (κ1) is 26.2. The second-order valence-corrected chi connectivity index (χ2v) is 14.6. The fraction of sp³-hybridized carbons (Fsp3) is 0.139. The van der Waals surface area contributed by atoms with E-state index < -0.39 is 0 Å². The maximum Gasteiger partial charge on any atom is 0.263 e. The molecule has 0 amide bonds. The lowest BCUT2D eigenvalue weighted by atomic mass is 9.94. The number of rotatable bonds is 5. The summed E-state index contributed by atoms with van der Waals surface area (Å²) >= 11 is 7.49. The molecule has 8 rings (SSSR count). The Morgan fingerprint density at radius 2 is 1.76 bits per heavy atom. The number of anilines is 1. The summed E-state index contributed by atoms with van der Waals surface area (Å²) in [6.07, 6.45) is 8.24. The van der Waals surface area contributed by atoms with Gasteiger partial charge in [0.25, 0.3) is 5.01 Å². The Morgan fingerprint density at radius 3 is 2.67 bits per heavy atom. The van der Waals surface area contributed by atoms with Gasteiger partial charge < -0.3 is 4.90 Å². The molecule has 4 heterocycles. The van der Waals surface area contributed by atoms with E-state index in [1.165, 1.54) is 73.6 Å². The summed E-state index contributed by atoms with van der Waals surface area (Å²) in [6, 6.07) is 26.8. The number of aromatic nitrogens is 1. The molecule has 1 aliphatic carbocycles. The number of aryl methyl sites for hydroxylation is 1. The molecule has 0 spiro atoms. The highest BCUT2D eigenvalue weighted by molar-refractivity contribution is 8.03. The largest absolute Gasteiger partial charge is 0.335 e. The molecule has 0 N–H and O–H groups in total. The lowest BCUT2D eigenvalue weighted by Crippen LogP contribution is -2.33. The van der Waals surface area contributed by atoms with Crippen LogP contribution in [0.3, 0.4) is 0 Å². The van der Waals surface area contributed by atoms with Crippen molar-refractivity contribution in [1.82, 2.24) is 0 Å². The Balaban J connectivity index is 1.20. The van der Waals surface area contributed by atoms with E-state index in [4.69, 9.17) is 0 Å². The minimum absolute atomic E-state index is 0.943. The molecule has 0 bridgehead atoms. The molecule has 42 heavy (non-hydrogen) atoms. The van der Waals surface area contributed by atoms with E-state index in [1.54, 1.807) is 0 Å². The van der Waals surface area contributed by atoms with Gasteiger partial charge in [-0.25, -0.2) is 0 Å². The van der Waals surface area contributed by atoms with E-state index in [-0.39, 0.29) is 0 Å². The summed E-state index contributed by atoms with van der Waals surface area (Å²) in [6.45, 7) is 6.41. The van der Waals surface area contributed by atoms with Crippen molar-refractivity contribution in [3.8, 4) is 11.1 Å². The van der Waals surface area contributed by atoms with E-state index in [2.05, 4.69) is 125 Å². The standard InChI is InChI=1S/C36H29N2S4/c1-3-37-29-10-6-8-12-32(29)41-36(37)21-25-17-23(18-34-26(25)15-16-39-34)19-35-38(4-2)30-20-24(13-14-33(30)42-35)28-22-40-31-11-7-5-9-27(28)31/h5-17,19-22H,3-4,18H2,1-2H3/q+1. The van der Waals surface area contributed by atoms with Gasteiger partial charge in [-0.2, -0.15) is 4.57 Å². The van der Waals surface area contributed by atoms with Crippen LogP contribution in [0.2, 0.25) is 0 Å². The predicted molar refractivity (Wildman–Crippen MR) is 186 cm³/mol. The third-order valence-electron chi connectivity index (χ3n) is 8.14. The number of fused-ring (bicyclic) bond motifs is 4. The Morgan fingerprint density at radius 1 is 0.881 bits per heavy atom. The quantitative estimate of drug-likeness (QED) is 0.178. The van der Waals surface area contributed by atoms with Gasteiger partial charge in [0.05, 0.1) is 10.7 Å². The fourth-order valence-electron chi connectivity index (χ4n) is 6.14. The van der Waals surface area contributed by atoms with E-state index >= 15 is 0 Å². The molecule has 0 fully saturated rings. The Kier molecular flexibility index (Phi) is 6.68. The molecule has 1 aliphatic heterocycles. The highest BCUT2D eigenvalue weighted by Gasteiger charge is 2.26. The number of benzene rings is 3. The van der Waals surface area contributed by atoms with Crippen molar-refractivity contribution in [1.29, 1.82) is 0 Å². The van der Waals surface area contributed by atoms with Gasteiger partial charge in [-0.1, -0.05) is 65.6 Å². The highest BCUT2D eigenvalue weighted by atomic mass is 32.2. The Labute approximate surface area is 262 Å². The first-order valence-corrected chi connectivity index (χ1v) is 17.8. The normalized spacial score (nSPS) is 16.5. The van der Waals surface area contributed by atoms with Crippen LogP contribution < -0.4 is 9.47 Å². The van der Waals surface area contributed by atoms with Crippen molar-refractivity contribution in [3.63, 3.8) is 0 Å². The van der Waals surface area contributed by atoms with Gasteiger partial charge in [0.1, 0.15) is 11.2 Å². The molecule has 6 aromatic rings. The van der Waals surface area contributed by atoms with E-state index in [0.29, 0.717) is 0 Å². The molecular weight excluding hydrogens is 589 g/mol. The molecule has 3 aromatic carbocycles. The third kappa shape index (κ3) is 4.40. The topological polar surface area (TPSA) is 7.12 Å². The van der Waals surface area contributed by atoms with Crippen LogP contribution in [0.25, 0.3) is 43.1 Å². The zero-order chi connectivity index (χ0) is 28.2. The van der Waals surface area contributed by atoms with Crippen LogP contribution in [0.5, 0.6) is 0 Å². The van der Waals surface area contributed by atoms with Crippen molar-refractivity contribution < 1.29 is 4.57 Å². The maximum atomic E-state index is 2.49. The molecule has 0 saturated heterocycles. The van der Waals surface area contributed by atoms with Crippen LogP contribution >= 0.6 is 45.8 Å². The molecule has 3 aromatic heterocycles. The molecule has 0 unspecified atom stereocenters. The number of nitrogens with zero attached hydrogens (tertiary/aromatic N) is 2. The average Bonchev–Trinajstić information content (AvgIpc) is 3.80. The molecular formula is C36H29N2S4+. The summed E-state index contributed by atoms with van der Waals surface area (Å²) in [5.41, 5.74) is 9.33. The first-order valence-electron chi connectivity index (χ1n) is 14.4. The Hall–Kier alpha value is -3.42. The molecule has 6 heteroatoms. The highest BCUT2D eigenvalue weighted by Crippen LogP contribution is 2.47. The first-order chi connectivity index (χ1) is 20.7. The molecule has 0 saturated carbocycles. The van der Waals surface area contributed by atoms with Crippen LogP contribution in [0.4, 0.5) is 5.69 Å². The van der Waals surface area contributed by atoms with Crippen molar-refractivity contribution >= 4 is 83.4 Å². The molecule has 206 valence electrons. The minimum Gasteiger partial charge on any atom is -0.335 e.